The molecule has 1 saturated carbocycles. The highest BCUT2D eigenvalue weighted by molar-refractivity contribution is 6.06. The third-order valence-corrected chi connectivity index (χ3v) is 8.46. The number of hydrogen-bond acceptors (Lipinski definition) is 4. The summed E-state index contributed by atoms with van der Waals surface area (Å²) in [5.41, 5.74) is 4.66. The summed E-state index contributed by atoms with van der Waals surface area (Å²) < 4.78 is 2.06. The molecular formula is C30H35N5O2. The molecular weight excluding hydrogens is 462 g/mol. The van der Waals surface area contributed by atoms with Crippen molar-refractivity contribution in [2.45, 2.75) is 64.8 Å². The molecule has 1 aliphatic carbocycles. The Balaban J connectivity index is 1.43. The van der Waals surface area contributed by atoms with E-state index in [1.54, 1.807) is 30.5 Å². The highest BCUT2D eigenvalue weighted by Gasteiger charge is 2.38. The van der Waals surface area contributed by atoms with Gasteiger partial charge >= 0.3 is 0 Å². The third kappa shape index (κ3) is 4.61. The number of amides is 2. The zero-order valence-corrected chi connectivity index (χ0v) is 22.1. The van der Waals surface area contributed by atoms with Crippen LogP contribution in [0.3, 0.4) is 0 Å². The Morgan fingerprint density at radius 1 is 1.19 bits per heavy atom. The fourth-order valence-electron chi connectivity index (χ4n) is 6.36. The number of anilines is 1. The van der Waals surface area contributed by atoms with Gasteiger partial charge in [-0.15, -0.1) is 0 Å². The number of fused-ring (bicyclic) bond motifs is 1. The van der Waals surface area contributed by atoms with E-state index >= 15 is 0 Å². The molecule has 192 valence electrons. The zero-order valence-electron chi connectivity index (χ0n) is 22.1. The van der Waals surface area contributed by atoms with E-state index in [-0.39, 0.29) is 17.9 Å². The molecule has 2 fully saturated rings. The van der Waals surface area contributed by atoms with Gasteiger partial charge in [-0.2, -0.15) is 5.26 Å². The predicted octanol–water partition coefficient (Wildman–Crippen LogP) is 5.54. The van der Waals surface area contributed by atoms with Crippen LogP contribution >= 0.6 is 0 Å². The first-order valence-corrected chi connectivity index (χ1v) is 13.3. The van der Waals surface area contributed by atoms with Crippen LogP contribution in [-0.4, -0.2) is 38.9 Å². The Bertz CT molecular complexity index is 1390. The second-order valence-electron chi connectivity index (χ2n) is 11.0. The summed E-state index contributed by atoms with van der Waals surface area (Å²) in [7, 11) is 2.01. The van der Waals surface area contributed by atoms with Crippen molar-refractivity contribution in [1.82, 2.24) is 14.5 Å². The molecule has 1 saturated heterocycles. The number of nitrogens with one attached hydrogen (secondary N) is 1. The number of nitriles is 1. The normalized spacial score (nSPS) is 22.2. The van der Waals surface area contributed by atoms with E-state index in [1.807, 2.05) is 14.0 Å². The van der Waals surface area contributed by atoms with E-state index in [4.69, 9.17) is 4.98 Å². The monoisotopic (exact) mass is 497 g/mol. The molecule has 3 aromatic rings. The van der Waals surface area contributed by atoms with Crippen molar-refractivity contribution in [3.05, 3.63) is 58.9 Å². The second-order valence-corrected chi connectivity index (χ2v) is 11.0. The number of aryl methyl sites for hydroxylation is 2. The van der Waals surface area contributed by atoms with E-state index in [9.17, 15) is 14.9 Å². The Morgan fingerprint density at radius 2 is 1.95 bits per heavy atom. The minimum Gasteiger partial charge on any atom is -0.339 e. The summed E-state index contributed by atoms with van der Waals surface area (Å²) in [4.78, 5) is 33.0. The van der Waals surface area contributed by atoms with Crippen LogP contribution in [-0.2, 0) is 11.8 Å². The van der Waals surface area contributed by atoms with E-state index < -0.39 is 0 Å². The molecule has 3 atom stereocenters. The largest absolute Gasteiger partial charge is 0.339 e. The molecule has 0 bridgehead atoms. The number of carbonyl (C=O) groups excluding carboxylic acids is 2. The van der Waals surface area contributed by atoms with E-state index in [1.165, 1.54) is 18.4 Å². The topological polar surface area (TPSA) is 91.0 Å². The number of piperidine rings is 1. The fourth-order valence-corrected chi connectivity index (χ4v) is 6.36. The average Bonchev–Trinajstić information content (AvgIpc) is 3.55. The van der Waals surface area contributed by atoms with Crippen LogP contribution in [0, 0.1) is 30.1 Å². The van der Waals surface area contributed by atoms with Gasteiger partial charge in [0, 0.05) is 42.7 Å². The summed E-state index contributed by atoms with van der Waals surface area (Å²) in [6, 6.07) is 8.96. The van der Waals surface area contributed by atoms with Crippen LogP contribution in [0.1, 0.15) is 78.9 Å². The smallest absolute Gasteiger partial charge is 0.255 e. The molecule has 3 heterocycles. The van der Waals surface area contributed by atoms with Crippen LogP contribution in [0.2, 0.25) is 0 Å². The lowest BCUT2D eigenvalue weighted by Crippen LogP contribution is -2.49. The molecule has 0 radical (unpaired) electrons. The summed E-state index contributed by atoms with van der Waals surface area (Å²) in [5, 5.41) is 13.3. The Morgan fingerprint density at radius 3 is 2.68 bits per heavy atom. The molecule has 5 rings (SSSR count). The number of rotatable bonds is 4. The maximum Gasteiger partial charge on any atom is 0.255 e. The molecule has 0 unspecified atom stereocenters. The molecule has 7 heteroatoms. The van der Waals surface area contributed by atoms with E-state index in [0.29, 0.717) is 34.6 Å². The number of carbonyl (C=O) groups is 2. The lowest BCUT2D eigenvalue weighted by Gasteiger charge is -2.43. The highest BCUT2D eigenvalue weighted by atomic mass is 16.2. The minimum absolute atomic E-state index is 0.188. The third-order valence-electron chi connectivity index (χ3n) is 8.46. The number of pyridine rings is 1. The molecule has 1 aliphatic heterocycles. The van der Waals surface area contributed by atoms with Gasteiger partial charge in [0.1, 0.15) is 5.65 Å². The van der Waals surface area contributed by atoms with Crippen molar-refractivity contribution in [2.75, 3.05) is 11.9 Å². The summed E-state index contributed by atoms with van der Waals surface area (Å²) in [6.45, 7) is 7.24. The quantitative estimate of drug-likeness (QED) is 0.513. The number of benzene rings is 1. The fraction of sp³-hybridized carbons (Fsp3) is 0.467. The van der Waals surface area contributed by atoms with Crippen molar-refractivity contribution >= 4 is 28.5 Å². The summed E-state index contributed by atoms with van der Waals surface area (Å²) in [6.07, 6.45) is 9.20. The number of hydrogen-bond donors (Lipinski definition) is 1. The molecule has 2 aliphatic rings. The first-order valence-electron chi connectivity index (χ1n) is 13.3. The summed E-state index contributed by atoms with van der Waals surface area (Å²) >= 11 is 0. The zero-order chi connectivity index (χ0) is 26.3. The molecule has 1 aromatic carbocycles. The van der Waals surface area contributed by atoms with E-state index in [2.05, 4.69) is 40.9 Å². The van der Waals surface area contributed by atoms with Crippen molar-refractivity contribution < 1.29 is 9.59 Å². The lowest BCUT2D eigenvalue weighted by atomic mass is 9.78. The van der Waals surface area contributed by atoms with E-state index in [0.717, 1.165) is 42.4 Å². The molecule has 1 N–H and O–H groups in total. The summed E-state index contributed by atoms with van der Waals surface area (Å²) in [5.74, 6) is 0.898. The van der Waals surface area contributed by atoms with Crippen molar-refractivity contribution in [2.24, 2.45) is 18.9 Å². The maximum absolute atomic E-state index is 13.2. The van der Waals surface area contributed by atoms with Gasteiger partial charge in [0.25, 0.3) is 5.91 Å². The lowest BCUT2D eigenvalue weighted by molar-refractivity contribution is -0.140. The van der Waals surface area contributed by atoms with Gasteiger partial charge in [0.05, 0.1) is 23.5 Å². The molecule has 37 heavy (non-hydrogen) atoms. The second kappa shape index (κ2) is 10.0. The molecule has 0 spiro atoms. The molecule has 7 nitrogen and oxygen atoms in total. The number of nitrogens with zero attached hydrogens (tertiary/aromatic N) is 4. The molecule has 2 aromatic heterocycles. The minimum atomic E-state index is -0.264. The van der Waals surface area contributed by atoms with Crippen molar-refractivity contribution in [3.8, 4) is 6.07 Å². The van der Waals surface area contributed by atoms with Gasteiger partial charge in [-0.3, -0.25) is 9.59 Å². The van der Waals surface area contributed by atoms with Crippen LogP contribution in [0.15, 0.2) is 36.7 Å². The van der Waals surface area contributed by atoms with Gasteiger partial charge < -0.3 is 14.8 Å². The van der Waals surface area contributed by atoms with Crippen LogP contribution in [0.5, 0.6) is 0 Å². The first kappa shape index (κ1) is 25.0. The predicted molar refractivity (Wildman–Crippen MR) is 144 cm³/mol. The molecule has 2 amide bonds. The van der Waals surface area contributed by atoms with Crippen LogP contribution in [0.25, 0.3) is 11.0 Å². The SMILES string of the molecule is Cc1c(NC(=O)c2cccc(C#N)c2)cnc2c1c([C@H]1C[C@H](C)N(C(=O)C3CCCC3)C[C@H]1C)cn2C. The highest BCUT2D eigenvalue weighted by Crippen LogP contribution is 2.42. The van der Waals surface area contributed by atoms with Crippen molar-refractivity contribution in [1.29, 1.82) is 5.26 Å². The first-order chi connectivity index (χ1) is 17.8. The number of aromatic nitrogens is 2. The van der Waals surface area contributed by atoms with Gasteiger partial charge in [0.2, 0.25) is 5.91 Å². The van der Waals surface area contributed by atoms with Gasteiger partial charge in [0.15, 0.2) is 0 Å². The van der Waals surface area contributed by atoms with Crippen molar-refractivity contribution in [3.63, 3.8) is 0 Å². The Kier molecular flexibility index (Phi) is 6.76. The standard InChI is InChI=1S/C30H35N5O2/c1-18-16-35(30(37)22-9-5-6-10-22)19(2)12-24(18)25-17-34(4)28-27(25)20(3)26(15-32-28)33-29(36)23-11-7-8-21(13-23)14-31/h7-8,11,13,15,17-19,22,24H,5-6,9-10,12,16H2,1-4H3,(H,33,36)/t18-,19+,24+/m1/s1. The van der Waals surface area contributed by atoms with Crippen LogP contribution in [0.4, 0.5) is 5.69 Å². The maximum atomic E-state index is 13.2. The number of likely N-dealkylation sites (tertiary alicyclic amines) is 1. The van der Waals surface area contributed by atoms with Crippen LogP contribution < -0.4 is 5.32 Å². The van der Waals surface area contributed by atoms with Gasteiger partial charge in [-0.1, -0.05) is 25.8 Å². The van der Waals surface area contributed by atoms with Gasteiger partial charge in [-0.05, 0) is 74.3 Å². The Labute approximate surface area is 218 Å². The van der Waals surface area contributed by atoms with Gasteiger partial charge in [-0.25, -0.2) is 4.98 Å². The Hall–Kier alpha value is -3.66. The average molecular weight is 498 g/mol.